The number of hydrogen-bond donors (Lipinski definition) is 1. The molecule has 1 atom stereocenters. The van der Waals surface area contributed by atoms with Gasteiger partial charge in [-0.1, -0.05) is 0 Å². The molecule has 7 nitrogen and oxygen atoms in total. The topological polar surface area (TPSA) is 84.9 Å². The van der Waals surface area contributed by atoms with E-state index in [9.17, 15) is 14.4 Å². The number of thiophene rings is 1. The number of amides is 2. The highest BCUT2D eigenvalue weighted by atomic mass is 35.5. The van der Waals surface area contributed by atoms with Crippen molar-refractivity contribution in [2.24, 2.45) is 0 Å². The second kappa shape index (κ2) is 8.48. The molecule has 1 aromatic heterocycles. The lowest BCUT2D eigenvalue weighted by atomic mass is 10.0. The Balaban J connectivity index is 2.31. The predicted molar refractivity (Wildman–Crippen MR) is 105 cm³/mol. The van der Waals surface area contributed by atoms with E-state index in [1.54, 1.807) is 18.7 Å². The van der Waals surface area contributed by atoms with Gasteiger partial charge in [-0.05, 0) is 46.6 Å². The molecule has 0 fully saturated rings. The largest absolute Gasteiger partial charge is 0.462 e. The van der Waals surface area contributed by atoms with Gasteiger partial charge in [-0.3, -0.25) is 4.79 Å². The summed E-state index contributed by atoms with van der Waals surface area (Å²) in [5, 5.41) is 2.37. The number of nitrogens with zero attached hydrogens (tertiary/aromatic N) is 1. The average molecular weight is 417 g/mol. The zero-order valence-electron chi connectivity index (χ0n) is 16.2. The minimum absolute atomic E-state index is 0.229. The number of hydrogen-bond acceptors (Lipinski definition) is 6. The Bertz CT molecular complexity index is 739. The molecule has 0 aliphatic carbocycles. The normalized spacial score (nSPS) is 15.0. The third kappa shape index (κ3) is 5.35. The highest BCUT2D eigenvalue weighted by Crippen LogP contribution is 2.38. The van der Waals surface area contributed by atoms with Gasteiger partial charge in [0.05, 0.1) is 18.7 Å². The van der Waals surface area contributed by atoms with Crippen LogP contribution >= 0.6 is 22.9 Å². The molecule has 0 aromatic carbocycles. The molecular formula is C18H25ClN2O5S. The van der Waals surface area contributed by atoms with E-state index in [-0.39, 0.29) is 6.61 Å². The summed E-state index contributed by atoms with van der Waals surface area (Å²) in [6.45, 7) is 9.67. The van der Waals surface area contributed by atoms with Crippen LogP contribution in [-0.4, -0.2) is 47.0 Å². The smallest absolute Gasteiger partial charge is 0.410 e. The first kappa shape index (κ1) is 21.5. The molecular weight excluding hydrogens is 392 g/mol. The molecule has 2 heterocycles. The van der Waals surface area contributed by atoms with Gasteiger partial charge in [0.2, 0.25) is 5.91 Å². The molecule has 2 rings (SSSR count). The number of anilines is 1. The van der Waals surface area contributed by atoms with Crippen molar-refractivity contribution in [1.82, 2.24) is 4.90 Å². The lowest BCUT2D eigenvalue weighted by Crippen LogP contribution is -2.39. The van der Waals surface area contributed by atoms with E-state index in [2.05, 4.69) is 5.32 Å². The number of carbonyl (C=O) groups excluding carboxylic acids is 3. The van der Waals surface area contributed by atoms with Gasteiger partial charge in [-0.2, -0.15) is 0 Å². The lowest BCUT2D eigenvalue weighted by molar-refractivity contribution is -0.115. The Hall–Kier alpha value is -1.80. The van der Waals surface area contributed by atoms with Crippen molar-refractivity contribution in [3.8, 4) is 0 Å². The van der Waals surface area contributed by atoms with E-state index < -0.39 is 28.9 Å². The Morgan fingerprint density at radius 2 is 2.00 bits per heavy atom. The average Bonchev–Trinajstić information content (AvgIpc) is 2.90. The van der Waals surface area contributed by atoms with Gasteiger partial charge in [0.1, 0.15) is 16.0 Å². The fourth-order valence-electron chi connectivity index (χ4n) is 2.60. The van der Waals surface area contributed by atoms with Crippen LogP contribution in [0.5, 0.6) is 0 Å². The molecule has 2 amide bonds. The van der Waals surface area contributed by atoms with E-state index in [1.165, 1.54) is 11.3 Å². The van der Waals surface area contributed by atoms with Crippen LogP contribution in [0.4, 0.5) is 9.80 Å². The number of rotatable bonds is 4. The van der Waals surface area contributed by atoms with Crippen LogP contribution < -0.4 is 5.32 Å². The van der Waals surface area contributed by atoms with Crippen molar-refractivity contribution >= 4 is 45.9 Å². The molecule has 1 aliphatic rings. The third-order valence-corrected chi connectivity index (χ3v) is 5.12. The maximum absolute atomic E-state index is 12.4. The maximum atomic E-state index is 12.4. The minimum Gasteiger partial charge on any atom is -0.462 e. The maximum Gasteiger partial charge on any atom is 0.410 e. The number of nitrogens with one attached hydrogen (secondary N) is 1. The first-order valence-corrected chi connectivity index (χ1v) is 10.0. The van der Waals surface area contributed by atoms with Crippen LogP contribution in [0, 0.1) is 0 Å². The van der Waals surface area contributed by atoms with Crippen LogP contribution in [0.2, 0.25) is 0 Å². The number of halogens is 1. The van der Waals surface area contributed by atoms with E-state index in [4.69, 9.17) is 21.1 Å². The van der Waals surface area contributed by atoms with Crippen molar-refractivity contribution in [2.45, 2.75) is 58.6 Å². The molecule has 1 unspecified atom stereocenters. The Kier molecular flexibility index (Phi) is 6.75. The quantitative estimate of drug-likeness (QED) is 0.596. The van der Waals surface area contributed by atoms with Gasteiger partial charge in [0.25, 0.3) is 0 Å². The summed E-state index contributed by atoms with van der Waals surface area (Å²) in [6, 6.07) is 0. The van der Waals surface area contributed by atoms with Crippen molar-refractivity contribution in [3.63, 3.8) is 0 Å². The SMILES string of the molecule is CCOC(=O)c1c(NC(=O)C(C)Cl)sc2c1CCN(C(=O)OC(C)(C)C)C2. The second-order valence-corrected chi connectivity index (χ2v) is 8.95. The monoisotopic (exact) mass is 416 g/mol. The van der Waals surface area contributed by atoms with Crippen LogP contribution in [0.15, 0.2) is 0 Å². The van der Waals surface area contributed by atoms with E-state index in [0.29, 0.717) is 30.1 Å². The van der Waals surface area contributed by atoms with Crippen molar-refractivity contribution in [2.75, 3.05) is 18.5 Å². The summed E-state index contributed by atoms with van der Waals surface area (Å²) in [6.07, 6.45) is 0.0742. The standard InChI is InChI=1S/C18H25ClN2O5S/c1-6-25-16(23)13-11-7-8-21(17(24)26-18(3,4)5)9-12(11)27-15(13)20-14(22)10(2)19/h10H,6-9H2,1-5H3,(H,20,22). The van der Waals surface area contributed by atoms with Gasteiger partial charge in [-0.15, -0.1) is 22.9 Å². The Morgan fingerprint density at radius 3 is 2.56 bits per heavy atom. The fourth-order valence-corrected chi connectivity index (χ4v) is 3.91. The molecule has 0 saturated carbocycles. The van der Waals surface area contributed by atoms with Gasteiger partial charge < -0.3 is 19.7 Å². The highest BCUT2D eigenvalue weighted by molar-refractivity contribution is 7.17. The molecule has 9 heteroatoms. The number of esters is 1. The summed E-state index contributed by atoms with van der Waals surface area (Å²) >= 11 is 7.09. The summed E-state index contributed by atoms with van der Waals surface area (Å²) in [4.78, 5) is 39.2. The summed E-state index contributed by atoms with van der Waals surface area (Å²) in [5.41, 5.74) is 0.570. The molecule has 0 spiro atoms. The highest BCUT2D eigenvalue weighted by Gasteiger charge is 2.32. The molecule has 1 N–H and O–H groups in total. The van der Waals surface area contributed by atoms with Gasteiger partial charge in [-0.25, -0.2) is 9.59 Å². The first-order valence-electron chi connectivity index (χ1n) is 8.78. The minimum atomic E-state index is -0.738. The number of fused-ring (bicyclic) bond motifs is 1. The molecule has 0 radical (unpaired) electrons. The van der Waals surface area contributed by atoms with Crippen molar-refractivity contribution in [1.29, 1.82) is 0 Å². The summed E-state index contributed by atoms with van der Waals surface area (Å²) in [7, 11) is 0. The molecule has 0 bridgehead atoms. The van der Waals surface area contributed by atoms with Crippen LogP contribution in [-0.2, 0) is 27.2 Å². The van der Waals surface area contributed by atoms with Gasteiger partial charge in [0.15, 0.2) is 0 Å². The fraction of sp³-hybridized carbons (Fsp3) is 0.611. The third-order valence-electron chi connectivity index (χ3n) is 3.79. The molecule has 27 heavy (non-hydrogen) atoms. The van der Waals surface area contributed by atoms with Crippen LogP contribution in [0.1, 0.15) is 55.4 Å². The zero-order valence-corrected chi connectivity index (χ0v) is 17.8. The zero-order chi connectivity index (χ0) is 20.4. The van der Waals surface area contributed by atoms with Gasteiger partial charge >= 0.3 is 12.1 Å². The predicted octanol–water partition coefficient (Wildman–Crippen LogP) is 3.78. The van der Waals surface area contributed by atoms with E-state index >= 15 is 0 Å². The number of alkyl halides is 1. The van der Waals surface area contributed by atoms with Crippen LogP contribution in [0.3, 0.4) is 0 Å². The number of carbonyl (C=O) groups is 3. The number of ether oxygens (including phenoxy) is 2. The van der Waals surface area contributed by atoms with Crippen molar-refractivity contribution in [3.05, 3.63) is 16.0 Å². The Labute approximate surface area is 167 Å². The first-order chi connectivity index (χ1) is 12.5. The van der Waals surface area contributed by atoms with E-state index in [0.717, 1.165) is 10.4 Å². The Morgan fingerprint density at radius 1 is 1.33 bits per heavy atom. The van der Waals surface area contributed by atoms with E-state index in [1.807, 2.05) is 20.8 Å². The second-order valence-electron chi connectivity index (χ2n) is 7.19. The van der Waals surface area contributed by atoms with Gasteiger partial charge in [0, 0.05) is 11.4 Å². The lowest BCUT2D eigenvalue weighted by Gasteiger charge is -2.30. The molecule has 1 aliphatic heterocycles. The summed E-state index contributed by atoms with van der Waals surface area (Å²) < 4.78 is 10.6. The molecule has 150 valence electrons. The summed E-state index contributed by atoms with van der Waals surface area (Å²) in [5.74, 6) is -0.886. The van der Waals surface area contributed by atoms with Crippen LogP contribution in [0.25, 0.3) is 0 Å². The molecule has 1 aromatic rings. The van der Waals surface area contributed by atoms with Crippen molar-refractivity contribution < 1.29 is 23.9 Å². The molecule has 0 saturated heterocycles.